The van der Waals surface area contributed by atoms with Gasteiger partial charge in [-0.1, -0.05) is 40.2 Å². The Labute approximate surface area is 136 Å². The molecule has 0 atom stereocenters. The smallest absolute Gasteiger partial charge is 0.0435 e. The summed E-state index contributed by atoms with van der Waals surface area (Å²) in [5.41, 5.74) is 5.80. The van der Waals surface area contributed by atoms with Crippen LogP contribution < -0.4 is 4.90 Å². The molecule has 1 aliphatic heterocycles. The number of halogens is 1. The summed E-state index contributed by atoms with van der Waals surface area (Å²) >= 11 is 3.51. The molecular weight excluding hydrogens is 322 g/mol. The van der Waals surface area contributed by atoms with Gasteiger partial charge in [0.1, 0.15) is 0 Å². The summed E-state index contributed by atoms with van der Waals surface area (Å²) in [5.74, 6) is 0. The number of hydrogen-bond donors (Lipinski definition) is 0. The molecule has 0 aliphatic carbocycles. The molecule has 1 nitrogen and oxygen atoms in total. The number of aryl methyl sites for hydroxylation is 2. The highest BCUT2D eigenvalue weighted by atomic mass is 79.9. The number of anilines is 1. The van der Waals surface area contributed by atoms with Gasteiger partial charge in [0, 0.05) is 22.2 Å². The molecule has 1 aliphatic rings. The van der Waals surface area contributed by atoms with E-state index in [4.69, 9.17) is 0 Å². The fourth-order valence-electron chi connectivity index (χ4n) is 3.11. The second-order valence-corrected chi connectivity index (χ2v) is 7.57. The second-order valence-electron chi connectivity index (χ2n) is 6.66. The number of nitrogens with zero attached hydrogens (tertiary/aromatic N) is 1. The molecule has 110 valence electrons. The van der Waals surface area contributed by atoms with E-state index in [-0.39, 0.29) is 5.54 Å². The third-order valence-corrected chi connectivity index (χ3v) is 5.05. The molecule has 21 heavy (non-hydrogen) atoms. The molecule has 0 saturated heterocycles. The molecule has 0 N–H and O–H groups in total. The van der Waals surface area contributed by atoms with E-state index >= 15 is 0 Å². The van der Waals surface area contributed by atoms with Crippen LogP contribution in [0.1, 0.15) is 37.0 Å². The van der Waals surface area contributed by atoms with Gasteiger partial charge in [-0.05, 0) is 68.5 Å². The average Bonchev–Trinajstić information content (AvgIpc) is 2.44. The van der Waals surface area contributed by atoms with Crippen molar-refractivity contribution < 1.29 is 0 Å². The molecular formula is C19H22BrN. The maximum Gasteiger partial charge on any atom is 0.0435 e. The number of hydrogen-bond acceptors (Lipinski definition) is 1. The number of fused-ring (bicyclic) bond motifs is 1. The molecule has 3 rings (SSSR count). The van der Waals surface area contributed by atoms with Crippen molar-refractivity contribution in [1.29, 1.82) is 0 Å². The first-order valence-corrected chi connectivity index (χ1v) is 8.37. The summed E-state index contributed by atoms with van der Waals surface area (Å²) in [4.78, 5) is 2.57. The zero-order chi connectivity index (χ0) is 15.0. The van der Waals surface area contributed by atoms with Crippen LogP contribution in [-0.2, 0) is 13.0 Å². The number of rotatable bonds is 2. The molecule has 0 unspecified atom stereocenters. The van der Waals surface area contributed by atoms with Crippen molar-refractivity contribution in [2.75, 3.05) is 4.90 Å². The molecule has 0 aromatic heterocycles. The van der Waals surface area contributed by atoms with Crippen LogP contribution in [0, 0.1) is 6.92 Å². The van der Waals surface area contributed by atoms with Crippen LogP contribution in [0.4, 0.5) is 5.69 Å². The summed E-state index contributed by atoms with van der Waals surface area (Å²) in [6.07, 6.45) is 2.39. The lowest BCUT2D eigenvalue weighted by Crippen LogP contribution is -2.47. The Morgan fingerprint density at radius 3 is 2.52 bits per heavy atom. The fourth-order valence-corrected chi connectivity index (χ4v) is 3.37. The van der Waals surface area contributed by atoms with Gasteiger partial charge in [-0.15, -0.1) is 0 Å². The van der Waals surface area contributed by atoms with E-state index in [2.05, 4.69) is 84.1 Å². The van der Waals surface area contributed by atoms with Gasteiger partial charge in [-0.2, -0.15) is 0 Å². The topological polar surface area (TPSA) is 3.24 Å². The van der Waals surface area contributed by atoms with E-state index in [1.807, 2.05) is 0 Å². The Morgan fingerprint density at radius 1 is 1.10 bits per heavy atom. The Kier molecular flexibility index (Phi) is 3.83. The van der Waals surface area contributed by atoms with E-state index < -0.39 is 0 Å². The van der Waals surface area contributed by atoms with E-state index in [1.54, 1.807) is 0 Å². The van der Waals surface area contributed by atoms with Crippen LogP contribution in [0.2, 0.25) is 0 Å². The molecule has 0 saturated carbocycles. The SMILES string of the molecule is Cc1ccc2c(c1)N(Cc1ccc(Br)cc1)C(C)(C)CC2. The van der Waals surface area contributed by atoms with Crippen molar-refractivity contribution in [2.24, 2.45) is 0 Å². The third-order valence-electron chi connectivity index (χ3n) is 4.52. The van der Waals surface area contributed by atoms with Crippen LogP contribution in [-0.4, -0.2) is 5.54 Å². The van der Waals surface area contributed by atoms with Gasteiger partial charge in [-0.3, -0.25) is 0 Å². The minimum Gasteiger partial charge on any atom is -0.362 e. The maximum atomic E-state index is 3.51. The highest BCUT2D eigenvalue weighted by Crippen LogP contribution is 2.38. The standard InChI is InChI=1S/C19H22BrN/c1-14-4-7-16-10-11-19(2,3)21(18(16)12-14)13-15-5-8-17(20)9-6-15/h4-9,12H,10-11,13H2,1-3H3. The summed E-state index contributed by atoms with van der Waals surface area (Å²) in [5, 5.41) is 0. The van der Waals surface area contributed by atoms with Gasteiger partial charge in [0.25, 0.3) is 0 Å². The molecule has 0 bridgehead atoms. The van der Waals surface area contributed by atoms with Crippen LogP contribution in [0.3, 0.4) is 0 Å². The zero-order valence-corrected chi connectivity index (χ0v) is 14.6. The second kappa shape index (κ2) is 5.49. The van der Waals surface area contributed by atoms with Crippen molar-refractivity contribution in [3.63, 3.8) is 0 Å². The first kappa shape index (κ1) is 14.6. The molecule has 0 fully saturated rings. The normalized spacial score (nSPS) is 16.7. The minimum atomic E-state index is 0.202. The predicted octanol–water partition coefficient (Wildman–Crippen LogP) is 5.49. The molecule has 1 heterocycles. The Hall–Kier alpha value is -1.28. The fraction of sp³-hybridized carbons (Fsp3) is 0.368. The third kappa shape index (κ3) is 3.01. The molecule has 2 aromatic carbocycles. The zero-order valence-electron chi connectivity index (χ0n) is 13.0. The van der Waals surface area contributed by atoms with Gasteiger partial charge in [-0.25, -0.2) is 0 Å². The molecule has 0 spiro atoms. The van der Waals surface area contributed by atoms with Crippen molar-refractivity contribution in [3.05, 3.63) is 63.6 Å². The Bertz CT molecular complexity index is 643. The van der Waals surface area contributed by atoms with Gasteiger partial charge >= 0.3 is 0 Å². The highest BCUT2D eigenvalue weighted by molar-refractivity contribution is 9.10. The predicted molar refractivity (Wildman–Crippen MR) is 93.9 cm³/mol. The van der Waals surface area contributed by atoms with Crippen LogP contribution in [0.25, 0.3) is 0 Å². The summed E-state index contributed by atoms with van der Waals surface area (Å²) < 4.78 is 1.14. The lowest BCUT2D eigenvalue weighted by atomic mass is 9.86. The van der Waals surface area contributed by atoms with Crippen molar-refractivity contribution in [2.45, 2.75) is 45.7 Å². The molecule has 2 heteroatoms. The quantitative estimate of drug-likeness (QED) is 0.696. The van der Waals surface area contributed by atoms with Gasteiger partial charge in [0.05, 0.1) is 0 Å². The van der Waals surface area contributed by atoms with E-state index in [0.29, 0.717) is 0 Å². The van der Waals surface area contributed by atoms with E-state index in [9.17, 15) is 0 Å². The van der Waals surface area contributed by atoms with Crippen LogP contribution in [0.5, 0.6) is 0 Å². The highest BCUT2D eigenvalue weighted by Gasteiger charge is 2.32. The lowest BCUT2D eigenvalue weighted by Gasteiger charge is -2.45. The average molecular weight is 344 g/mol. The molecule has 0 radical (unpaired) electrons. The van der Waals surface area contributed by atoms with E-state index in [0.717, 1.165) is 11.0 Å². The van der Waals surface area contributed by atoms with Crippen LogP contribution >= 0.6 is 15.9 Å². The maximum absolute atomic E-state index is 3.51. The summed E-state index contributed by atoms with van der Waals surface area (Å²) in [6.45, 7) is 7.87. The van der Waals surface area contributed by atoms with Gasteiger partial charge in [0.15, 0.2) is 0 Å². The minimum absolute atomic E-state index is 0.202. The van der Waals surface area contributed by atoms with Crippen molar-refractivity contribution in [3.8, 4) is 0 Å². The molecule has 2 aromatic rings. The van der Waals surface area contributed by atoms with Gasteiger partial charge < -0.3 is 4.90 Å². The summed E-state index contributed by atoms with van der Waals surface area (Å²) in [6, 6.07) is 15.6. The Balaban J connectivity index is 1.98. The number of benzene rings is 2. The van der Waals surface area contributed by atoms with E-state index in [1.165, 1.54) is 35.2 Å². The molecule has 0 amide bonds. The summed E-state index contributed by atoms with van der Waals surface area (Å²) in [7, 11) is 0. The van der Waals surface area contributed by atoms with Crippen LogP contribution in [0.15, 0.2) is 46.9 Å². The van der Waals surface area contributed by atoms with Crippen molar-refractivity contribution >= 4 is 21.6 Å². The van der Waals surface area contributed by atoms with Crippen molar-refractivity contribution in [1.82, 2.24) is 0 Å². The van der Waals surface area contributed by atoms with Gasteiger partial charge in [0.2, 0.25) is 0 Å². The monoisotopic (exact) mass is 343 g/mol. The Morgan fingerprint density at radius 2 is 1.81 bits per heavy atom. The first-order valence-electron chi connectivity index (χ1n) is 7.57. The largest absolute Gasteiger partial charge is 0.362 e. The lowest BCUT2D eigenvalue weighted by molar-refractivity contribution is 0.406. The first-order chi connectivity index (χ1) is 9.95.